The molecule has 1 atom stereocenters. The Morgan fingerprint density at radius 3 is 2.53 bits per heavy atom. The predicted molar refractivity (Wildman–Crippen MR) is 115 cm³/mol. The number of hydrogen-bond donors (Lipinski definition) is 1. The van der Waals surface area contributed by atoms with Crippen LogP contribution in [0.5, 0.6) is 0 Å². The molecule has 0 fully saturated rings. The van der Waals surface area contributed by atoms with Gasteiger partial charge in [-0.3, -0.25) is 9.69 Å². The standard InChI is InChI=1S/C24H21ClFN3O/c1-24(2)11-19-22(20(30)12-24)21(14-6-8-16(26)9-7-14)18(13-27)23(28)29(19)17-5-3-4-15(25)10-17/h3-10,21H,11-12,28H2,1-2H3/t21-/m1/s1. The van der Waals surface area contributed by atoms with Gasteiger partial charge in [-0.15, -0.1) is 0 Å². The average molecular weight is 422 g/mol. The lowest BCUT2D eigenvalue weighted by Crippen LogP contribution is -2.42. The van der Waals surface area contributed by atoms with Gasteiger partial charge in [0.25, 0.3) is 0 Å². The fourth-order valence-electron chi connectivity index (χ4n) is 4.41. The molecular weight excluding hydrogens is 401 g/mol. The van der Waals surface area contributed by atoms with Crippen molar-refractivity contribution in [2.75, 3.05) is 4.90 Å². The zero-order valence-corrected chi connectivity index (χ0v) is 17.5. The molecule has 6 heteroatoms. The van der Waals surface area contributed by atoms with Crippen molar-refractivity contribution >= 4 is 23.1 Å². The zero-order chi connectivity index (χ0) is 21.6. The molecular formula is C24H21ClFN3O. The highest BCUT2D eigenvalue weighted by atomic mass is 35.5. The minimum Gasteiger partial charge on any atom is -0.384 e. The summed E-state index contributed by atoms with van der Waals surface area (Å²) in [4.78, 5) is 15.1. The van der Waals surface area contributed by atoms with Gasteiger partial charge in [0, 0.05) is 28.4 Å². The topological polar surface area (TPSA) is 70.1 Å². The van der Waals surface area contributed by atoms with Gasteiger partial charge in [0.1, 0.15) is 11.6 Å². The van der Waals surface area contributed by atoms with Crippen LogP contribution in [0.25, 0.3) is 0 Å². The summed E-state index contributed by atoms with van der Waals surface area (Å²) in [5.41, 5.74) is 9.23. The number of ketones is 1. The van der Waals surface area contributed by atoms with Gasteiger partial charge in [0.2, 0.25) is 0 Å². The van der Waals surface area contributed by atoms with Gasteiger partial charge in [-0.25, -0.2) is 4.39 Å². The Balaban J connectivity index is 2.00. The molecule has 2 aromatic rings. The van der Waals surface area contributed by atoms with Crippen molar-refractivity contribution in [3.05, 3.63) is 87.6 Å². The van der Waals surface area contributed by atoms with E-state index < -0.39 is 5.92 Å². The summed E-state index contributed by atoms with van der Waals surface area (Å²) < 4.78 is 13.5. The SMILES string of the molecule is CC1(C)CC(=O)C2=C(C1)N(c1cccc(Cl)c1)C(N)=C(C#N)[C@H]2c1ccc(F)cc1. The van der Waals surface area contributed by atoms with Crippen molar-refractivity contribution in [2.24, 2.45) is 11.1 Å². The lowest BCUT2D eigenvalue weighted by molar-refractivity contribution is -0.118. The summed E-state index contributed by atoms with van der Waals surface area (Å²) in [6.45, 7) is 4.08. The van der Waals surface area contributed by atoms with Crippen LogP contribution in [-0.2, 0) is 4.79 Å². The van der Waals surface area contributed by atoms with E-state index in [2.05, 4.69) is 6.07 Å². The molecule has 0 radical (unpaired) electrons. The third-order valence-electron chi connectivity index (χ3n) is 5.65. The van der Waals surface area contributed by atoms with Crippen molar-refractivity contribution in [3.63, 3.8) is 0 Å². The number of hydrogen-bond acceptors (Lipinski definition) is 4. The largest absolute Gasteiger partial charge is 0.384 e. The summed E-state index contributed by atoms with van der Waals surface area (Å²) in [5.74, 6) is -0.762. The number of Topliss-reactive ketones (excluding diaryl/α,β-unsaturated/α-hetero) is 1. The van der Waals surface area contributed by atoms with Crippen LogP contribution in [0.1, 0.15) is 38.2 Å². The third kappa shape index (κ3) is 3.38. The third-order valence-corrected chi connectivity index (χ3v) is 5.89. The van der Waals surface area contributed by atoms with Gasteiger partial charge in [-0.1, -0.05) is 43.6 Å². The maximum Gasteiger partial charge on any atom is 0.162 e. The lowest BCUT2D eigenvalue weighted by Gasteiger charge is -2.43. The zero-order valence-electron chi connectivity index (χ0n) is 16.7. The van der Waals surface area contributed by atoms with E-state index in [-0.39, 0.29) is 28.4 Å². The normalized spacial score (nSPS) is 20.8. The summed E-state index contributed by atoms with van der Waals surface area (Å²) >= 11 is 6.21. The van der Waals surface area contributed by atoms with Gasteiger partial charge in [-0.2, -0.15) is 5.26 Å². The quantitative estimate of drug-likeness (QED) is 0.702. The van der Waals surface area contributed by atoms with Gasteiger partial charge in [0.15, 0.2) is 5.78 Å². The second-order valence-electron chi connectivity index (χ2n) is 8.51. The molecule has 4 nitrogen and oxygen atoms in total. The molecule has 0 amide bonds. The summed E-state index contributed by atoms with van der Waals surface area (Å²) in [6.07, 6.45) is 0.975. The molecule has 4 rings (SSSR count). The first-order valence-corrected chi connectivity index (χ1v) is 10.1. The first kappa shape index (κ1) is 20.2. The monoisotopic (exact) mass is 421 g/mol. The number of allylic oxidation sites excluding steroid dienone is 3. The van der Waals surface area contributed by atoms with E-state index in [0.29, 0.717) is 34.7 Å². The second-order valence-corrected chi connectivity index (χ2v) is 8.95. The van der Waals surface area contributed by atoms with Crippen LogP contribution in [0.2, 0.25) is 5.02 Å². The van der Waals surface area contributed by atoms with Crippen LogP contribution in [0.3, 0.4) is 0 Å². The predicted octanol–water partition coefficient (Wildman–Crippen LogP) is 5.42. The molecule has 0 spiro atoms. The first-order valence-electron chi connectivity index (χ1n) is 9.69. The molecule has 2 aromatic carbocycles. The van der Waals surface area contributed by atoms with Crippen molar-refractivity contribution in [1.82, 2.24) is 0 Å². The first-order chi connectivity index (χ1) is 14.2. The maximum atomic E-state index is 13.5. The Labute approximate surface area is 180 Å². The Bertz CT molecular complexity index is 1140. The van der Waals surface area contributed by atoms with E-state index in [0.717, 1.165) is 5.70 Å². The second kappa shape index (κ2) is 7.30. The van der Waals surface area contributed by atoms with E-state index in [1.807, 2.05) is 19.9 Å². The molecule has 30 heavy (non-hydrogen) atoms. The smallest absolute Gasteiger partial charge is 0.162 e. The molecule has 1 heterocycles. The summed E-state index contributed by atoms with van der Waals surface area (Å²) in [6, 6.07) is 15.3. The molecule has 1 aliphatic carbocycles. The van der Waals surface area contributed by atoms with E-state index in [4.69, 9.17) is 17.3 Å². The van der Waals surface area contributed by atoms with Crippen LogP contribution >= 0.6 is 11.6 Å². The van der Waals surface area contributed by atoms with Crippen LogP contribution < -0.4 is 10.6 Å². The molecule has 0 bridgehead atoms. The van der Waals surface area contributed by atoms with Crippen molar-refractivity contribution < 1.29 is 9.18 Å². The van der Waals surface area contributed by atoms with Gasteiger partial charge < -0.3 is 5.73 Å². The molecule has 0 unspecified atom stereocenters. The Morgan fingerprint density at radius 1 is 1.20 bits per heavy atom. The number of nitriles is 1. The average Bonchev–Trinajstić information content (AvgIpc) is 2.67. The Kier molecular flexibility index (Phi) is 4.91. The number of rotatable bonds is 2. The number of nitrogens with two attached hydrogens (primary N) is 1. The van der Waals surface area contributed by atoms with Crippen LogP contribution in [0, 0.1) is 22.6 Å². The van der Waals surface area contributed by atoms with Crippen LogP contribution in [-0.4, -0.2) is 5.78 Å². The molecule has 0 saturated carbocycles. The van der Waals surface area contributed by atoms with E-state index >= 15 is 0 Å². The van der Waals surface area contributed by atoms with Crippen molar-refractivity contribution in [2.45, 2.75) is 32.6 Å². The lowest BCUT2D eigenvalue weighted by atomic mass is 9.68. The molecule has 152 valence electrons. The summed E-state index contributed by atoms with van der Waals surface area (Å²) in [7, 11) is 0. The number of carbonyl (C=O) groups excluding carboxylic acids is 1. The van der Waals surface area contributed by atoms with E-state index in [1.54, 1.807) is 35.2 Å². The number of carbonyl (C=O) groups is 1. The van der Waals surface area contributed by atoms with Gasteiger partial charge >= 0.3 is 0 Å². The minimum atomic E-state index is -0.621. The number of halogens is 2. The van der Waals surface area contributed by atoms with E-state index in [1.165, 1.54) is 12.1 Å². The molecule has 1 aliphatic heterocycles. The Morgan fingerprint density at radius 2 is 1.90 bits per heavy atom. The van der Waals surface area contributed by atoms with Crippen molar-refractivity contribution in [1.29, 1.82) is 5.26 Å². The minimum absolute atomic E-state index is 0.0251. The molecule has 0 saturated heterocycles. The number of benzene rings is 2. The van der Waals surface area contributed by atoms with E-state index in [9.17, 15) is 14.4 Å². The highest BCUT2D eigenvalue weighted by Gasteiger charge is 2.44. The van der Waals surface area contributed by atoms with Gasteiger partial charge in [-0.05, 0) is 47.7 Å². The maximum absolute atomic E-state index is 13.5. The Hall–Kier alpha value is -3.10. The highest BCUT2D eigenvalue weighted by molar-refractivity contribution is 6.30. The van der Waals surface area contributed by atoms with Crippen LogP contribution in [0.15, 0.2) is 71.2 Å². The van der Waals surface area contributed by atoms with Gasteiger partial charge in [0.05, 0.1) is 17.6 Å². The fraction of sp³-hybridized carbons (Fsp3) is 0.250. The number of anilines is 1. The molecule has 2 aliphatic rings. The molecule has 2 N–H and O–H groups in total. The molecule has 0 aromatic heterocycles. The number of nitrogens with zero attached hydrogens (tertiary/aromatic N) is 2. The van der Waals surface area contributed by atoms with Crippen molar-refractivity contribution in [3.8, 4) is 6.07 Å². The van der Waals surface area contributed by atoms with Crippen LogP contribution in [0.4, 0.5) is 10.1 Å². The summed E-state index contributed by atoms with van der Waals surface area (Å²) in [5, 5.41) is 10.5. The highest BCUT2D eigenvalue weighted by Crippen LogP contribution is 2.50. The fourth-order valence-corrected chi connectivity index (χ4v) is 4.59.